The van der Waals surface area contributed by atoms with E-state index in [0.717, 1.165) is 13.0 Å². The quantitative estimate of drug-likeness (QED) is 0.765. The zero-order valence-corrected chi connectivity index (χ0v) is 10.4. The van der Waals surface area contributed by atoms with Gasteiger partial charge in [-0.05, 0) is 32.0 Å². The normalized spacial score (nSPS) is 13.0. The van der Waals surface area contributed by atoms with Gasteiger partial charge >= 0.3 is 0 Å². The van der Waals surface area contributed by atoms with Gasteiger partial charge in [0, 0.05) is 12.6 Å². The molecule has 0 aromatic heterocycles. The molecule has 1 N–H and O–H groups in total. The van der Waals surface area contributed by atoms with E-state index in [-0.39, 0.29) is 6.61 Å². The van der Waals surface area contributed by atoms with E-state index < -0.39 is 0 Å². The van der Waals surface area contributed by atoms with Crippen molar-refractivity contribution < 1.29 is 5.11 Å². The Morgan fingerprint density at radius 2 is 1.94 bits per heavy atom. The lowest BCUT2D eigenvalue weighted by Crippen LogP contribution is -2.26. The summed E-state index contributed by atoms with van der Waals surface area (Å²) in [6, 6.07) is 10.8. The molecule has 0 spiro atoms. The second-order valence-corrected chi connectivity index (χ2v) is 4.27. The fourth-order valence-electron chi connectivity index (χ4n) is 2.00. The Kier molecular flexibility index (Phi) is 6.12. The summed E-state index contributed by atoms with van der Waals surface area (Å²) in [5.41, 5.74) is 1.30. The van der Waals surface area contributed by atoms with E-state index in [0.29, 0.717) is 6.04 Å². The number of nitrogens with zero attached hydrogens (tertiary/aromatic N) is 1. The van der Waals surface area contributed by atoms with Crippen molar-refractivity contribution in [3.8, 4) is 0 Å². The van der Waals surface area contributed by atoms with Gasteiger partial charge in [-0.3, -0.25) is 4.90 Å². The third-order valence-corrected chi connectivity index (χ3v) is 2.98. The molecule has 0 bridgehead atoms. The lowest BCUT2D eigenvalue weighted by atomic mass is 10.0. The second kappa shape index (κ2) is 7.42. The van der Waals surface area contributed by atoms with Gasteiger partial charge in [0.2, 0.25) is 0 Å². The van der Waals surface area contributed by atoms with Crippen LogP contribution in [0.15, 0.2) is 30.3 Å². The van der Waals surface area contributed by atoms with Crippen LogP contribution in [0.1, 0.15) is 37.8 Å². The summed E-state index contributed by atoms with van der Waals surface area (Å²) < 4.78 is 0. The molecular formula is C14H23NO. The molecule has 1 aromatic carbocycles. The molecule has 16 heavy (non-hydrogen) atoms. The Morgan fingerprint density at radius 3 is 2.50 bits per heavy atom. The van der Waals surface area contributed by atoms with Crippen LogP contribution in [0.2, 0.25) is 0 Å². The minimum atomic E-state index is 0.246. The lowest BCUT2D eigenvalue weighted by molar-refractivity contribution is 0.184. The average Bonchev–Trinajstić information content (AvgIpc) is 2.34. The Bertz CT molecular complexity index is 273. The van der Waals surface area contributed by atoms with Gasteiger partial charge in [0.05, 0.1) is 0 Å². The molecule has 2 nitrogen and oxygen atoms in total. The Hall–Kier alpha value is -0.860. The van der Waals surface area contributed by atoms with E-state index >= 15 is 0 Å². The summed E-state index contributed by atoms with van der Waals surface area (Å²) in [5.74, 6) is 0. The number of hydrogen-bond acceptors (Lipinski definition) is 2. The van der Waals surface area contributed by atoms with Crippen LogP contribution < -0.4 is 0 Å². The van der Waals surface area contributed by atoms with Gasteiger partial charge < -0.3 is 5.11 Å². The lowest BCUT2D eigenvalue weighted by Gasteiger charge is -2.28. The molecular weight excluding hydrogens is 198 g/mol. The molecule has 2 heteroatoms. The van der Waals surface area contributed by atoms with Crippen molar-refractivity contribution >= 4 is 0 Å². The van der Waals surface area contributed by atoms with Crippen molar-refractivity contribution in [2.75, 3.05) is 20.2 Å². The summed E-state index contributed by atoms with van der Waals surface area (Å²) in [4.78, 5) is 2.34. The maximum atomic E-state index is 9.15. The molecule has 90 valence electrons. The first kappa shape index (κ1) is 13.2. The zero-order chi connectivity index (χ0) is 11.8. The highest BCUT2D eigenvalue weighted by Crippen LogP contribution is 2.22. The van der Waals surface area contributed by atoms with E-state index in [4.69, 9.17) is 5.11 Å². The van der Waals surface area contributed by atoms with Crippen LogP contribution in [-0.4, -0.2) is 30.2 Å². The van der Waals surface area contributed by atoms with Crippen molar-refractivity contribution in [3.63, 3.8) is 0 Å². The summed E-state index contributed by atoms with van der Waals surface area (Å²) in [6.07, 6.45) is 3.24. The number of benzene rings is 1. The largest absolute Gasteiger partial charge is 0.396 e. The van der Waals surface area contributed by atoms with Gasteiger partial charge in [-0.2, -0.15) is 0 Å². The minimum absolute atomic E-state index is 0.246. The zero-order valence-electron chi connectivity index (χ0n) is 10.4. The molecule has 0 aliphatic heterocycles. The van der Waals surface area contributed by atoms with Gasteiger partial charge in [0.15, 0.2) is 0 Å². The second-order valence-electron chi connectivity index (χ2n) is 4.27. The maximum absolute atomic E-state index is 9.15. The Labute approximate surface area is 98.9 Å². The summed E-state index contributed by atoms with van der Waals surface area (Å²) in [6.45, 7) is 3.55. The van der Waals surface area contributed by atoms with Crippen molar-refractivity contribution in [2.45, 2.75) is 32.2 Å². The number of aliphatic hydroxyl groups is 1. The van der Waals surface area contributed by atoms with Gasteiger partial charge in [0.25, 0.3) is 0 Å². The van der Waals surface area contributed by atoms with E-state index in [9.17, 15) is 0 Å². The topological polar surface area (TPSA) is 23.5 Å². The molecule has 1 unspecified atom stereocenters. The standard InChI is InChI=1S/C14H23NO/c1-3-4-11-15(2)14(10-12-16)13-8-6-5-7-9-13/h5-9,14,16H,3-4,10-12H2,1-2H3. The highest BCUT2D eigenvalue weighted by Gasteiger charge is 2.15. The van der Waals surface area contributed by atoms with Crippen molar-refractivity contribution in [1.29, 1.82) is 0 Å². The predicted molar refractivity (Wildman–Crippen MR) is 68.4 cm³/mol. The highest BCUT2D eigenvalue weighted by atomic mass is 16.3. The van der Waals surface area contributed by atoms with Crippen LogP contribution in [0.5, 0.6) is 0 Å². The fourth-order valence-corrected chi connectivity index (χ4v) is 2.00. The number of aliphatic hydroxyl groups excluding tert-OH is 1. The van der Waals surface area contributed by atoms with E-state index in [1.54, 1.807) is 0 Å². The molecule has 0 heterocycles. The number of unbranched alkanes of at least 4 members (excludes halogenated alkanes) is 1. The van der Waals surface area contributed by atoms with Crippen LogP contribution in [-0.2, 0) is 0 Å². The van der Waals surface area contributed by atoms with Gasteiger partial charge in [-0.15, -0.1) is 0 Å². The van der Waals surface area contributed by atoms with Crippen LogP contribution in [0.3, 0.4) is 0 Å². The molecule has 0 saturated carbocycles. The van der Waals surface area contributed by atoms with Gasteiger partial charge in [0.1, 0.15) is 0 Å². The SMILES string of the molecule is CCCCN(C)C(CCO)c1ccccc1. The molecule has 1 aromatic rings. The molecule has 0 fully saturated rings. The first-order valence-electron chi connectivity index (χ1n) is 6.15. The monoisotopic (exact) mass is 221 g/mol. The minimum Gasteiger partial charge on any atom is -0.396 e. The molecule has 0 amide bonds. The number of hydrogen-bond donors (Lipinski definition) is 1. The average molecular weight is 221 g/mol. The summed E-state index contributed by atoms with van der Waals surface area (Å²) in [5, 5.41) is 9.15. The van der Waals surface area contributed by atoms with Gasteiger partial charge in [-0.25, -0.2) is 0 Å². The smallest absolute Gasteiger partial charge is 0.0449 e. The van der Waals surface area contributed by atoms with Crippen molar-refractivity contribution in [3.05, 3.63) is 35.9 Å². The van der Waals surface area contributed by atoms with Crippen LogP contribution >= 0.6 is 0 Å². The van der Waals surface area contributed by atoms with Crippen LogP contribution in [0, 0.1) is 0 Å². The number of rotatable bonds is 7. The van der Waals surface area contributed by atoms with E-state index in [1.165, 1.54) is 18.4 Å². The molecule has 0 aliphatic rings. The van der Waals surface area contributed by atoms with Crippen molar-refractivity contribution in [1.82, 2.24) is 4.90 Å². The van der Waals surface area contributed by atoms with Crippen molar-refractivity contribution in [2.24, 2.45) is 0 Å². The van der Waals surface area contributed by atoms with Gasteiger partial charge in [-0.1, -0.05) is 43.7 Å². The van der Waals surface area contributed by atoms with E-state index in [2.05, 4.69) is 43.1 Å². The predicted octanol–water partition coefficient (Wildman–Crippen LogP) is 2.84. The Balaban J connectivity index is 2.66. The first-order chi connectivity index (χ1) is 7.79. The summed E-state index contributed by atoms with van der Waals surface area (Å²) in [7, 11) is 2.14. The third-order valence-electron chi connectivity index (χ3n) is 2.98. The third kappa shape index (κ3) is 3.95. The summed E-state index contributed by atoms with van der Waals surface area (Å²) >= 11 is 0. The van der Waals surface area contributed by atoms with E-state index in [1.807, 2.05) is 6.07 Å². The molecule has 0 saturated heterocycles. The molecule has 1 rings (SSSR count). The highest BCUT2D eigenvalue weighted by molar-refractivity contribution is 5.18. The fraction of sp³-hybridized carbons (Fsp3) is 0.571. The maximum Gasteiger partial charge on any atom is 0.0449 e. The Morgan fingerprint density at radius 1 is 1.25 bits per heavy atom. The van der Waals surface area contributed by atoms with Crippen LogP contribution in [0.25, 0.3) is 0 Å². The van der Waals surface area contributed by atoms with Crippen LogP contribution in [0.4, 0.5) is 0 Å². The molecule has 1 atom stereocenters. The molecule has 0 aliphatic carbocycles. The first-order valence-corrected chi connectivity index (χ1v) is 6.15. The molecule has 0 radical (unpaired) electrons.